The highest BCUT2D eigenvalue weighted by Gasteiger charge is 2.25. The van der Waals surface area contributed by atoms with Crippen molar-refractivity contribution in [1.82, 2.24) is 19.8 Å². The summed E-state index contributed by atoms with van der Waals surface area (Å²) < 4.78 is 5.14. The molecule has 0 unspecified atom stereocenters. The lowest BCUT2D eigenvalue weighted by molar-refractivity contribution is -0.132. The second-order valence-corrected chi connectivity index (χ2v) is 9.89. The van der Waals surface area contributed by atoms with Crippen molar-refractivity contribution in [2.24, 2.45) is 0 Å². The molecule has 178 valence electrons. The molecule has 0 radical (unpaired) electrons. The highest BCUT2D eigenvalue weighted by Crippen LogP contribution is 2.33. The van der Waals surface area contributed by atoms with Gasteiger partial charge in [0.05, 0.1) is 12.5 Å². The van der Waals surface area contributed by atoms with Crippen LogP contribution in [0.5, 0.6) is 5.75 Å². The van der Waals surface area contributed by atoms with Gasteiger partial charge in [-0.1, -0.05) is 0 Å². The van der Waals surface area contributed by atoms with E-state index in [4.69, 9.17) is 4.74 Å². The van der Waals surface area contributed by atoms with Gasteiger partial charge in [-0.05, 0) is 55.5 Å². The first kappa shape index (κ1) is 22.6. The number of ether oxygens (including phenoxy) is 1. The van der Waals surface area contributed by atoms with Crippen LogP contribution in [0.1, 0.15) is 45.9 Å². The molecule has 5 rings (SSSR count). The molecule has 0 saturated carbocycles. The van der Waals surface area contributed by atoms with E-state index < -0.39 is 0 Å². The summed E-state index contributed by atoms with van der Waals surface area (Å²) in [5.41, 5.74) is 1.70. The van der Waals surface area contributed by atoms with E-state index >= 15 is 0 Å². The molecule has 1 saturated heterocycles. The summed E-state index contributed by atoms with van der Waals surface area (Å²) in [6.07, 6.45) is 4.94. The number of fused-ring (bicyclic) bond motifs is 3. The van der Waals surface area contributed by atoms with E-state index in [0.717, 1.165) is 35.9 Å². The van der Waals surface area contributed by atoms with Gasteiger partial charge in [0, 0.05) is 49.5 Å². The SMILES string of the molecule is COc1ccc(C(=O)N2CCN(C(=O)CCc3nc4sc5c(c4c(=O)[nH]3)CCCC5)CC2)cc1. The Morgan fingerprint density at radius 3 is 2.50 bits per heavy atom. The minimum absolute atomic E-state index is 0.0183. The van der Waals surface area contributed by atoms with Crippen molar-refractivity contribution in [1.29, 1.82) is 0 Å². The lowest BCUT2D eigenvalue weighted by Crippen LogP contribution is -2.50. The predicted octanol–water partition coefficient (Wildman–Crippen LogP) is 2.79. The molecule has 2 aliphatic rings. The average Bonchev–Trinajstić information content (AvgIpc) is 3.26. The Morgan fingerprint density at radius 1 is 1.06 bits per heavy atom. The number of thiophene rings is 1. The van der Waals surface area contributed by atoms with E-state index in [1.165, 1.54) is 10.4 Å². The van der Waals surface area contributed by atoms with E-state index in [1.54, 1.807) is 52.5 Å². The lowest BCUT2D eigenvalue weighted by Gasteiger charge is -2.35. The van der Waals surface area contributed by atoms with Crippen LogP contribution >= 0.6 is 11.3 Å². The van der Waals surface area contributed by atoms with Gasteiger partial charge in [-0.25, -0.2) is 4.98 Å². The van der Waals surface area contributed by atoms with Crippen LogP contribution in [-0.2, 0) is 24.1 Å². The van der Waals surface area contributed by atoms with Gasteiger partial charge >= 0.3 is 0 Å². The molecule has 34 heavy (non-hydrogen) atoms. The molecule has 1 N–H and O–H groups in total. The summed E-state index contributed by atoms with van der Waals surface area (Å²) in [5.74, 6) is 1.26. The van der Waals surface area contributed by atoms with Gasteiger partial charge in [0.25, 0.3) is 11.5 Å². The van der Waals surface area contributed by atoms with Gasteiger partial charge in [0.2, 0.25) is 5.91 Å². The molecule has 2 aromatic heterocycles. The molecule has 1 aromatic carbocycles. The number of piperazine rings is 1. The van der Waals surface area contributed by atoms with Gasteiger partial charge in [0.15, 0.2) is 0 Å². The number of methoxy groups -OCH3 is 1. The van der Waals surface area contributed by atoms with Gasteiger partial charge < -0.3 is 19.5 Å². The zero-order chi connectivity index (χ0) is 23.7. The fourth-order valence-electron chi connectivity index (χ4n) is 4.79. The van der Waals surface area contributed by atoms with Crippen LogP contribution in [0.15, 0.2) is 29.1 Å². The second-order valence-electron chi connectivity index (χ2n) is 8.81. The van der Waals surface area contributed by atoms with Crippen molar-refractivity contribution in [3.63, 3.8) is 0 Å². The number of aromatic amines is 1. The molecule has 0 bridgehead atoms. The van der Waals surface area contributed by atoms with Gasteiger partial charge in [0.1, 0.15) is 16.4 Å². The molecule has 8 nitrogen and oxygen atoms in total. The summed E-state index contributed by atoms with van der Waals surface area (Å²) >= 11 is 1.62. The lowest BCUT2D eigenvalue weighted by atomic mass is 9.97. The van der Waals surface area contributed by atoms with Crippen molar-refractivity contribution in [3.05, 3.63) is 56.4 Å². The summed E-state index contributed by atoms with van der Waals surface area (Å²) in [6, 6.07) is 7.06. The van der Waals surface area contributed by atoms with Crippen LogP contribution in [0, 0.1) is 0 Å². The third-order valence-corrected chi connectivity index (χ3v) is 7.89. The number of carbonyl (C=O) groups excluding carboxylic acids is 2. The number of aromatic nitrogens is 2. The van der Waals surface area contributed by atoms with Gasteiger partial charge in [-0.3, -0.25) is 14.4 Å². The molecule has 3 heterocycles. The smallest absolute Gasteiger partial charge is 0.259 e. The monoisotopic (exact) mass is 480 g/mol. The van der Waals surface area contributed by atoms with Crippen molar-refractivity contribution < 1.29 is 14.3 Å². The highest BCUT2D eigenvalue weighted by molar-refractivity contribution is 7.18. The van der Waals surface area contributed by atoms with E-state index in [2.05, 4.69) is 9.97 Å². The standard InChI is InChI=1S/C25H28N4O4S/c1-33-17-8-6-16(7-9-17)25(32)29-14-12-28(13-15-29)21(30)11-10-20-26-23(31)22-18-4-2-3-5-19(18)34-24(22)27-20/h6-9H,2-5,10-15H2,1H3,(H,26,27,31). The quantitative estimate of drug-likeness (QED) is 0.606. The molecule has 1 aliphatic carbocycles. The number of hydrogen-bond acceptors (Lipinski definition) is 6. The van der Waals surface area contributed by atoms with E-state index in [9.17, 15) is 14.4 Å². The zero-order valence-electron chi connectivity index (χ0n) is 19.3. The van der Waals surface area contributed by atoms with Crippen molar-refractivity contribution >= 4 is 33.4 Å². The summed E-state index contributed by atoms with van der Waals surface area (Å²) in [5, 5.41) is 0.743. The number of carbonyl (C=O) groups is 2. The Hall–Kier alpha value is -3.20. The molecule has 3 aromatic rings. The first-order valence-electron chi connectivity index (χ1n) is 11.8. The number of amides is 2. The molecular formula is C25H28N4O4S. The summed E-state index contributed by atoms with van der Waals surface area (Å²) in [6.45, 7) is 2.00. The van der Waals surface area contributed by atoms with Crippen LogP contribution in [0.4, 0.5) is 0 Å². The van der Waals surface area contributed by atoms with Crippen LogP contribution in [-0.4, -0.2) is 64.9 Å². The highest BCUT2D eigenvalue weighted by atomic mass is 32.1. The number of aryl methyl sites for hydroxylation is 3. The normalized spacial score (nSPS) is 15.9. The Labute approximate surface area is 201 Å². The number of nitrogens with one attached hydrogen (secondary N) is 1. The molecule has 9 heteroatoms. The molecule has 1 fully saturated rings. The molecule has 0 atom stereocenters. The second kappa shape index (κ2) is 9.58. The maximum atomic E-state index is 12.8. The number of nitrogens with zero attached hydrogens (tertiary/aromatic N) is 3. The maximum absolute atomic E-state index is 12.8. The minimum Gasteiger partial charge on any atom is -0.497 e. The Balaban J connectivity index is 1.17. The van der Waals surface area contributed by atoms with E-state index in [0.29, 0.717) is 49.7 Å². The largest absolute Gasteiger partial charge is 0.497 e. The Morgan fingerprint density at radius 2 is 1.76 bits per heavy atom. The third kappa shape index (κ3) is 4.44. The Bertz CT molecular complexity index is 1270. The first-order chi connectivity index (χ1) is 16.5. The number of rotatable bonds is 5. The summed E-state index contributed by atoms with van der Waals surface area (Å²) in [4.78, 5) is 51.4. The zero-order valence-corrected chi connectivity index (χ0v) is 20.1. The van der Waals surface area contributed by atoms with Crippen LogP contribution < -0.4 is 10.3 Å². The fraction of sp³-hybridized carbons (Fsp3) is 0.440. The van der Waals surface area contributed by atoms with Gasteiger partial charge in [-0.15, -0.1) is 11.3 Å². The molecule has 0 spiro atoms. The summed E-state index contributed by atoms with van der Waals surface area (Å²) in [7, 11) is 1.59. The molecule has 1 aliphatic heterocycles. The number of H-pyrrole nitrogens is 1. The van der Waals surface area contributed by atoms with E-state index in [-0.39, 0.29) is 23.8 Å². The predicted molar refractivity (Wildman–Crippen MR) is 131 cm³/mol. The molecular weight excluding hydrogens is 452 g/mol. The molecule has 2 amide bonds. The van der Waals surface area contributed by atoms with E-state index in [1.807, 2.05) is 0 Å². The van der Waals surface area contributed by atoms with Crippen molar-refractivity contribution in [3.8, 4) is 5.75 Å². The minimum atomic E-state index is -0.0856. The third-order valence-electron chi connectivity index (χ3n) is 6.71. The van der Waals surface area contributed by atoms with Crippen molar-refractivity contribution in [2.45, 2.75) is 38.5 Å². The fourth-order valence-corrected chi connectivity index (χ4v) is 6.07. The van der Waals surface area contributed by atoms with Crippen LogP contribution in [0.2, 0.25) is 0 Å². The maximum Gasteiger partial charge on any atom is 0.259 e. The van der Waals surface area contributed by atoms with Crippen LogP contribution in [0.3, 0.4) is 0 Å². The van der Waals surface area contributed by atoms with Gasteiger partial charge in [-0.2, -0.15) is 0 Å². The number of hydrogen-bond donors (Lipinski definition) is 1. The Kier molecular flexibility index (Phi) is 6.36. The van der Waals surface area contributed by atoms with Crippen molar-refractivity contribution in [2.75, 3.05) is 33.3 Å². The number of benzene rings is 1. The first-order valence-corrected chi connectivity index (χ1v) is 12.6. The van der Waals surface area contributed by atoms with Crippen LogP contribution in [0.25, 0.3) is 10.2 Å². The topological polar surface area (TPSA) is 95.6 Å². The average molecular weight is 481 g/mol.